The Balaban J connectivity index is 2.60. The van der Waals surface area contributed by atoms with Crippen molar-refractivity contribution in [3.05, 3.63) is 28.2 Å². The third-order valence-corrected chi connectivity index (χ3v) is 2.97. The molecule has 0 bridgehead atoms. The van der Waals surface area contributed by atoms with Gasteiger partial charge in [-0.3, -0.25) is 14.4 Å². The third kappa shape index (κ3) is 5.03. The van der Waals surface area contributed by atoms with E-state index in [0.717, 1.165) is 0 Å². The highest BCUT2D eigenvalue weighted by molar-refractivity contribution is 6.39. The Morgan fingerprint density at radius 3 is 2.43 bits per heavy atom. The number of aliphatic hydroxyl groups is 1. The molecule has 1 rings (SSSR count). The van der Waals surface area contributed by atoms with E-state index in [0.29, 0.717) is 5.69 Å². The second-order valence-electron chi connectivity index (χ2n) is 5.93. The summed E-state index contributed by atoms with van der Waals surface area (Å²) in [5.41, 5.74) is -0.239. The number of H-pyrrole nitrogens is 1. The van der Waals surface area contributed by atoms with E-state index in [-0.39, 0.29) is 12.2 Å². The van der Waals surface area contributed by atoms with Crippen LogP contribution in [0.5, 0.6) is 0 Å². The number of aromatic amines is 1. The Morgan fingerprint density at radius 2 is 1.90 bits per heavy atom. The lowest BCUT2D eigenvalue weighted by molar-refractivity contribution is -0.136. The predicted octanol–water partition coefficient (Wildman–Crippen LogP) is 0.145. The minimum absolute atomic E-state index is 0.00267. The zero-order valence-corrected chi connectivity index (χ0v) is 12.6. The second-order valence-corrected chi connectivity index (χ2v) is 5.93. The molecule has 0 fully saturated rings. The number of aliphatic hydroxyl groups excluding tert-OH is 1. The fraction of sp³-hybridized carbons (Fsp3) is 0.500. The van der Waals surface area contributed by atoms with Gasteiger partial charge in [0.2, 0.25) is 0 Å². The van der Waals surface area contributed by atoms with Crippen molar-refractivity contribution in [2.24, 2.45) is 5.41 Å². The Bertz CT molecular complexity index is 587. The number of hydrogen-bond acceptors (Lipinski definition) is 4. The van der Waals surface area contributed by atoms with Gasteiger partial charge < -0.3 is 20.7 Å². The van der Waals surface area contributed by atoms with Gasteiger partial charge in [-0.1, -0.05) is 20.8 Å². The Morgan fingerprint density at radius 1 is 1.29 bits per heavy atom. The van der Waals surface area contributed by atoms with E-state index in [1.54, 1.807) is 13.0 Å². The van der Waals surface area contributed by atoms with Gasteiger partial charge in [0, 0.05) is 12.2 Å². The molecule has 0 saturated carbocycles. The highest BCUT2D eigenvalue weighted by Crippen LogP contribution is 2.17. The summed E-state index contributed by atoms with van der Waals surface area (Å²) in [4.78, 5) is 37.3. The first kappa shape index (κ1) is 16.9. The molecule has 0 aliphatic heterocycles. The number of carbonyl (C=O) groups is 2. The smallest absolute Gasteiger partial charge is 0.313 e. The molecule has 1 atom stereocenters. The van der Waals surface area contributed by atoms with Crippen LogP contribution in [0.2, 0.25) is 0 Å². The van der Waals surface area contributed by atoms with Crippen LogP contribution in [0.3, 0.4) is 0 Å². The zero-order valence-electron chi connectivity index (χ0n) is 12.6. The summed E-state index contributed by atoms with van der Waals surface area (Å²) in [5.74, 6) is -1.86. The molecule has 2 amide bonds. The number of anilines is 1. The van der Waals surface area contributed by atoms with Gasteiger partial charge in [0.25, 0.3) is 5.56 Å². The van der Waals surface area contributed by atoms with E-state index in [4.69, 9.17) is 0 Å². The van der Waals surface area contributed by atoms with Gasteiger partial charge >= 0.3 is 11.8 Å². The molecule has 4 N–H and O–H groups in total. The molecule has 0 saturated heterocycles. The molecule has 0 radical (unpaired) electrons. The van der Waals surface area contributed by atoms with Gasteiger partial charge in [0.15, 0.2) is 0 Å². The lowest BCUT2D eigenvalue weighted by atomic mass is 9.89. The van der Waals surface area contributed by atoms with Crippen molar-refractivity contribution in [3.8, 4) is 0 Å². The summed E-state index contributed by atoms with van der Waals surface area (Å²) >= 11 is 0. The molecular weight excluding hydrogens is 274 g/mol. The van der Waals surface area contributed by atoms with Crippen LogP contribution in [-0.4, -0.2) is 34.6 Å². The number of aromatic nitrogens is 1. The Hall–Kier alpha value is -2.15. The van der Waals surface area contributed by atoms with Crippen LogP contribution in [0.1, 0.15) is 26.5 Å². The van der Waals surface area contributed by atoms with Crippen molar-refractivity contribution in [1.82, 2.24) is 10.3 Å². The predicted molar refractivity (Wildman–Crippen MR) is 78.9 cm³/mol. The number of amides is 2. The Labute approximate surface area is 122 Å². The topological polar surface area (TPSA) is 111 Å². The number of rotatable bonds is 3. The summed E-state index contributed by atoms with van der Waals surface area (Å²) in [6, 6.07) is 3.03. The van der Waals surface area contributed by atoms with Crippen molar-refractivity contribution < 1.29 is 14.7 Å². The molecule has 0 unspecified atom stereocenters. The van der Waals surface area contributed by atoms with Crippen molar-refractivity contribution in [2.45, 2.75) is 33.8 Å². The largest absolute Gasteiger partial charge is 0.391 e. The van der Waals surface area contributed by atoms with Crippen LogP contribution < -0.4 is 16.2 Å². The van der Waals surface area contributed by atoms with E-state index >= 15 is 0 Å². The van der Waals surface area contributed by atoms with Gasteiger partial charge in [-0.05, 0) is 24.5 Å². The fourth-order valence-electron chi connectivity index (χ4n) is 1.43. The highest BCUT2D eigenvalue weighted by Gasteiger charge is 2.24. The Kier molecular flexibility index (Phi) is 5.26. The van der Waals surface area contributed by atoms with Crippen molar-refractivity contribution in [2.75, 3.05) is 11.9 Å². The van der Waals surface area contributed by atoms with Crippen molar-refractivity contribution >= 4 is 17.5 Å². The van der Waals surface area contributed by atoms with E-state index in [9.17, 15) is 19.5 Å². The van der Waals surface area contributed by atoms with Gasteiger partial charge in [0.05, 0.1) is 6.10 Å². The number of hydrogen-bond donors (Lipinski definition) is 4. The monoisotopic (exact) mass is 295 g/mol. The highest BCUT2D eigenvalue weighted by atomic mass is 16.3. The van der Waals surface area contributed by atoms with E-state index < -0.39 is 28.9 Å². The minimum Gasteiger partial charge on any atom is -0.391 e. The lowest BCUT2D eigenvalue weighted by Gasteiger charge is -2.25. The van der Waals surface area contributed by atoms with E-state index in [2.05, 4.69) is 15.6 Å². The molecule has 7 nitrogen and oxygen atoms in total. The standard InChI is InChI=1S/C14H21N3O4/c1-8-5-6-9(11(19)16-8)17-13(21)12(20)15-7-10(18)14(2,3)4/h5-6,10,18H,7H2,1-4H3,(H,15,20)(H,16,19)(H,17,21)/t10-/m1/s1. The van der Waals surface area contributed by atoms with Crippen LogP contribution in [0.25, 0.3) is 0 Å². The van der Waals surface area contributed by atoms with Gasteiger partial charge in [-0.25, -0.2) is 0 Å². The average molecular weight is 295 g/mol. The number of nitrogens with one attached hydrogen (secondary N) is 3. The maximum Gasteiger partial charge on any atom is 0.313 e. The molecule has 1 aromatic rings. The molecule has 0 aromatic carbocycles. The van der Waals surface area contributed by atoms with E-state index in [1.807, 2.05) is 20.8 Å². The first-order valence-corrected chi connectivity index (χ1v) is 6.58. The third-order valence-electron chi connectivity index (χ3n) is 2.97. The summed E-state index contributed by atoms with van der Waals surface area (Å²) in [6.45, 7) is 7.11. The first-order valence-electron chi connectivity index (χ1n) is 6.58. The number of carbonyl (C=O) groups excluding carboxylic acids is 2. The van der Waals surface area contributed by atoms with Gasteiger partial charge in [-0.15, -0.1) is 0 Å². The molecule has 116 valence electrons. The molecule has 1 aromatic heterocycles. The van der Waals surface area contributed by atoms with Gasteiger partial charge in [0.1, 0.15) is 5.69 Å². The maximum absolute atomic E-state index is 11.7. The van der Waals surface area contributed by atoms with Crippen molar-refractivity contribution in [3.63, 3.8) is 0 Å². The summed E-state index contributed by atoms with van der Waals surface area (Å²) < 4.78 is 0. The molecule has 21 heavy (non-hydrogen) atoms. The van der Waals surface area contributed by atoms with E-state index in [1.165, 1.54) is 6.07 Å². The number of pyridine rings is 1. The zero-order chi connectivity index (χ0) is 16.2. The number of aryl methyl sites for hydroxylation is 1. The normalized spacial score (nSPS) is 12.6. The van der Waals surface area contributed by atoms with Crippen LogP contribution in [0.15, 0.2) is 16.9 Å². The molecular formula is C14H21N3O4. The average Bonchev–Trinajstić information content (AvgIpc) is 2.37. The quantitative estimate of drug-likeness (QED) is 0.594. The molecule has 0 spiro atoms. The first-order chi connectivity index (χ1) is 9.61. The molecule has 1 heterocycles. The molecule has 0 aliphatic rings. The maximum atomic E-state index is 11.7. The minimum atomic E-state index is -0.953. The summed E-state index contributed by atoms with van der Waals surface area (Å²) in [7, 11) is 0. The lowest BCUT2D eigenvalue weighted by Crippen LogP contribution is -2.43. The van der Waals surface area contributed by atoms with Crippen LogP contribution in [-0.2, 0) is 9.59 Å². The van der Waals surface area contributed by atoms with Crippen molar-refractivity contribution in [1.29, 1.82) is 0 Å². The SMILES string of the molecule is Cc1ccc(NC(=O)C(=O)NC[C@@H](O)C(C)(C)C)c(=O)[nH]1. The molecule has 0 aliphatic carbocycles. The summed E-state index contributed by atoms with van der Waals surface area (Å²) in [5, 5.41) is 14.3. The summed E-state index contributed by atoms with van der Waals surface area (Å²) in [6.07, 6.45) is -0.781. The van der Waals surface area contributed by atoms with Crippen LogP contribution in [0.4, 0.5) is 5.69 Å². The molecule has 7 heteroatoms. The van der Waals surface area contributed by atoms with Gasteiger partial charge in [-0.2, -0.15) is 0 Å². The second kappa shape index (κ2) is 6.53. The fourth-order valence-corrected chi connectivity index (χ4v) is 1.43. The van der Waals surface area contributed by atoms with Crippen LogP contribution >= 0.6 is 0 Å². The van der Waals surface area contributed by atoms with Crippen LogP contribution in [0, 0.1) is 12.3 Å².